The Balaban J connectivity index is 1.67. The zero-order valence-corrected chi connectivity index (χ0v) is 9.20. The van der Waals surface area contributed by atoms with Crippen LogP contribution in [-0.2, 0) is 4.79 Å². The summed E-state index contributed by atoms with van der Waals surface area (Å²) in [5.41, 5.74) is 7.42. The minimum Gasteiger partial charge on any atom is -0.397 e. The number of benzene rings is 1. The normalized spacial score (nSPS) is 14.5. The van der Waals surface area contributed by atoms with Crippen LogP contribution in [-0.4, -0.2) is 19.0 Å². The van der Waals surface area contributed by atoms with Crippen molar-refractivity contribution in [3.05, 3.63) is 24.3 Å². The Morgan fingerprint density at radius 1 is 1.31 bits per heavy atom. The third-order valence-electron chi connectivity index (χ3n) is 2.65. The number of hydrogen-bond acceptors (Lipinski definition) is 3. The first-order chi connectivity index (χ1) is 7.77. The number of anilines is 2. The molecule has 1 aliphatic carbocycles. The van der Waals surface area contributed by atoms with E-state index in [2.05, 4.69) is 10.6 Å². The van der Waals surface area contributed by atoms with Gasteiger partial charge in [-0.1, -0.05) is 12.1 Å². The highest BCUT2D eigenvalue weighted by molar-refractivity contribution is 5.80. The molecule has 1 amide bonds. The maximum Gasteiger partial charge on any atom is 0.223 e. The van der Waals surface area contributed by atoms with E-state index in [9.17, 15) is 4.79 Å². The number of nitrogens with one attached hydrogen (secondary N) is 2. The molecule has 1 fully saturated rings. The predicted octanol–water partition coefficient (Wildman–Crippen LogP) is 1.21. The van der Waals surface area contributed by atoms with E-state index < -0.39 is 0 Å². The number of carbonyl (C=O) groups is 1. The lowest BCUT2D eigenvalue weighted by molar-refractivity contribution is -0.122. The standard InChI is InChI=1S/C12H17N3O/c13-10-3-1-2-4-11(10)14-7-8-15-12(16)9-5-6-9/h1-4,9,14H,5-8,13H2,(H,15,16). The van der Waals surface area contributed by atoms with E-state index >= 15 is 0 Å². The quantitative estimate of drug-likeness (QED) is 0.515. The molecule has 0 bridgehead atoms. The fourth-order valence-electron chi connectivity index (χ4n) is 1.53. The first kappa shape index (κ1) is 10.8. The summed E-state index contributed by atoms with van der Waals surface area (Å²) < 4.78 is 0. The Kier molecular flexibility index (Phi) is 3.29. The van der Waals surface area contributed by atoms with Crippen molar-refractivity contribution in [3.8, 4) is 0 Å². The van der Waals surface area contributed by atoms with Crippen molar-refractivity contribution in [2.24, 2.45) is 5.92 Å². The molecule has 1 aromatic rings. The average Bonchev–Trinajstić information content (AvgIpc) is 3.10. The molecule has 0 aromatic heterocycles. The van der Waals surface area contributed by atoms with Gasteiger partial charge >= 0.3 is 0 Å². The number of hydrogen-bond donors (Lipinski definition) is 3. The highest BCUT2D eigenvalue weighted by Crippen LogP contribution is 2.28. The zero-order valence-electron chi connectivity index (χ0n) is 9.20. The van der Waals surface area contributed by atoms with Crippen molar-refractivity contribution >= 4 is 17.3 Å². The van der Waals surface area contributed by atoms with Gasteiger partial charge in [-0.25, -0.2) is 0 Å². The van der Waals surface area contributed by atoms with E-state index in [0.29, 0.717) is 13.1 Å². The molecule has 1 aliphatic rings. The van der Waals surface area contributed by atoms with Crippen molar-refractivity contribution in [2.45, 2.75) is 12.8 Å². The second kappa shape index (κ2) is 4.88. The molecule has 0 unspecified atom stereocenters. The van der Waals surface area contributed by atoms with Gasteiger partial charge in [0.1, 0.15) is 0 Å². The van der Waals surface area contributed by atoms with Crippen molar-refractivity contribution in [2.75, 3.05) is 24.1 Å². The molecular weight excluding hydrogens is 202 g/mol. The smallest absolute Gasteiger partial charge is 0.223 e. The Morgan fingerprint density at radius 3 is 2.75 bits per heavy atom. The molecule has 0 saturated heterocycles. The van der Waals surface area contributed by atoms with Gasteiger partial charge in [0.2, 0.25) is 5.91 Å². The number of rotatable bonds is 5. The number of carbonyl (C=O) groups excluding carboxylic acids is 1. The van der Waals surface area contributed by atoms with E-state index in [4.69, 9.17) is 5.73 Å². The molecule has 4 N–H and O–H groups in total. The highest BCUT2D eigenvalue weighted by atomic mass is 16.2. The number of nitrogens with two attached hydrogens (primary N) is 1. The summed E-state index contributed by atoms with van der Waals surface area (Å²) in [6.45, 7) is 1.34. The van der Waals surface area contributed by atoms with Crippen LogP contribution in [0.2, 0.25) is 0 Å². The summed E-state index contributed by atoms with van der Waals surface area (Å²) in [4.78, 5) is 11.3. The van der Waals surface area contributed by atoms with Crippen LogP contribution in [0.25, 0.3) is 0 Å². The first-order valence-electron chi connectivity index (χ1n) is 5.63. The Morgan fingerprint density at radius 2 is 2.06 bits per heavy atom. The molecule has 0 radical (unpaired) electrons. The number of nitrogen functional groups attached to an aromatic ring is 1. The first-order valence-corrected chi connectivity index (χ1v) is 5.63. The fraction of sp³-hybridized carbons (Fsp3) is 0.417. The third-order valence-corrected chi connectivity index (χ3v) is 2.65. The summed E-state index contributed by atoms with van der Waals surface area (Å²) in [5.74, 6) is 0.463. The fourth-order valence-corrected chi connectivity index (χ4v) is 1.53. The SMILES string of the molecule is Nc1ccccc1NCCNC(=O)C1CC1. The molecule has 1 saturated carbocycles. The van der Waals surface area contributed by atoms with Gasteiger partial charge in [0.25, 0.3) is 0 Å². The second-order valence-corrected chi connectivity index (χ2v) is 4.08. The van der Waals surface area contributed by atoms with Crippen LogP contribution in [0.1, 0.15) is 12.8 Å². The van der Waals surface area contributed by atoms with E-state index in [1.807, 2.05) is 24.3 Å². The minimum absolute atomic E-state index is 0.183. The Bertz CT molecular complexity index is 374. The second-order valence-electron chi connectivity index (χ2n) is 4.08. The topological polar surface area (TPSA) is 67.2 Å². The molecule has 0 spiro atoms. The molecule has 86 valence electrons. The van der Waals surface area contributed by atoms with Crippen LogP contribution < -0.4 is 16.4 Å². The summed E-state index contributed by atoms with van der Waals surface area (Å²) >= 11 is 0. The average molecular weight is 219 g/mol. The van der Waals surface area contributed by atoms with Crippen LogP contribution in [0.3, 0.4) is 0 Å². The lowest BCUT2D eigenvalue weighted by Crippen LogP contribution is -2.29. The van der Waals surface area contributed by atoms with Crippen molar-refractivity contribution in [1.29, 1.82) is 0 Å². The van der Waals surface area contributed by atoms with E-state index in [0.717, 1.165) is 24.2 Å². The third kappa shape index (κ3) is 2.89. The van der Waals surface area contributed by atoms with E-state index in [1.165, 1.54) is 0 Å². The largest absolute Gasteiger partial charge is 0.397 e. The Labute approximate surface area is 95.2 Å². The molecule has 4 nitrogen and oxygen atoms in total. The van der Waals surface area contributed by atoms with Gasteiger partial charge in [-0.05, 0) is 25.0 Å². The van der Waals surface area contributed by atoms with Crippen LogP contribution >= 0.6 is 0 Å². The van der Waals surface area contributed by atoms with Crippen molar-refractivity contribution in [3.63, 3.8) is 0 Å². The van der Waals surface area contributed by atoms with E-state index in [1.54, 1.807) is 0 Å². The van der Waals surface area contributed by atoms with Gasteiger partial charge in [-0.15, -0.1) is 0 Å². The zero-order chi connectivity index (χ0) is 11.4. The number of para-hydroxylation sites is 2. The molecule has 2 rings (SSSR count). The van der Waals surface area contributed by atoms with Gasteiger partial charge in [-0.2, -0.15) is 0 Å². The van der Waals surface area contributed by atoms with Gasteiger partial charge in [0.15, 0.2) is 0 Å². The van der Waals surface area contributed by atoms with Gasteiger partial charge in [-0.3, -0.25) is 4.79 Å². The lowest BCUT2D eigenvalue weighted by atomic mass is 10.3. The maximum absolute atomic E-state index is 11.3. The highest BCUT2D eigenvalue weighted by Gasteiger charge is 2.28. The van der Waals surface area contributed by atoms with Gasteiger partial charge < -0.3 is 16.4 Å². The lowest BCUT2D eigenvalue weighted by Gasteiger charge is -2.09. The molecule has 0 atom stereocenters. The monoisotopic (exact) mass is 219 g/mol. The maximum atomic E-state index is 11.3. The summed E-state index contributed by atoms with van der Waals surface area (Å²) in [6.07, 6.45) is 2.09. The van der Waals surface area contributed by atoms with Gasteiger partial charge in [0.05, 0.1) is 11.4 Å². The summed E-state index contributed by atoms with van der Waals surface area (Å²) in [7, 11) is 0. The van der Waals surface area contributed by atoms with E-state index in [-0.39, 0.29) is 11.8 Å². The van der Waals surface area contributed by atoms with Crippen molar-refractivity contribution in [1.82, 2.24) is 5.32 Å². The predicted molar refractivity (Wildman–Crippen MR) is 65.1 cm³/mol. The van der Waals surface area contributed by atoms with Crippen LogP contribution in [0.15, 0.2) is 24.3 Å². The van der Waals surface area contributed by atoms with Gasteiger partial charge in [0, 0.05) is 19.0 Å². The molecule has 4 heteroatoms. The van der Waals surface area contributed by atoms with Crippen LogP contribution in [0.4, 0.5) is 11.4 Å². The summed E-state index contributed by atoms with van der Waals surface area (Å²) in [5, 5.41) is 6.08. The molecule has 0 aliphatic heterocycles. The van der Waals surface area contributed by atoms with Crippen LogP contribution in [0.5, 0.6) is 0 Å². The molecule has 1 aromatic carbocycles. The summed E-state index contributed by atoms with van der Waals surface area (Å²) in [6, 6.07) is 7.61. The minimum atomic E-state index is 0.183. The molecule has 0 heterocycles. The Hall–Kier alpha value is -1.71. The molecular formula is C12H17N3O. The molecule has 16 heavy (non-hydrogen) atoms. The van der Waals surface area contributed by atoms with Crippen molar-refractivity contribution < 1.29 is 4.79 Å². The number of amides is 1. The van der Waals surface area contributed by atoms with Crippen LogP contribution in [0, 0.1) is 5.92 Å².